The van der Waals surface area contributed by atoms with Gasteiger partial charge in [0.05, 0.1) is 0 Å². The molecule has 2 aliphatic heterocycles. The van der Waals surface area contributed by atoms with Gasteiger partial charge in [-0.25, -0.2) is 0 Å². The Labute approximate surface area is 125 Å². The summed E-state index contributed by atoms with van der Waals surface area (Å²) in [5.74, 6) is 0.572. The number of methoxy groups -OCH3 is 1. The monoisotopic (exact) mass is 295 g/mol. The van der Waals surface area contributed by atoms with Crippen molar-refractivity contribution < 1.29 is 14.3 Å². The third-order valence-electron chi connectivity index (χ3n) is 5.30. The number of hydrogen-bond donors (Lipinski definition) is 1. The molecular weight excluding hydrogens is 270 g/mol. The number of piperazine rings is 1. The molecule has 6 nitrogen and oxygen atoms in total. The second-order valence-corrected chi connectivity index (χ2v) is 6.51. The van der Waals surface area contributed by atoms with Crippen LogP contribution in [0.3, 0.4) is 0 Å². The summed E-state index contributed by atoms with van der Waals surface area (Å²) in [6.07, 6.45) is 3.34. The van der Waals surface area contributed by atoms with Crippen molar-refractivity contribution in [2.75, 3.05) is 53.0 Å². The van der Waals surface area contributed by atoms with E-state index in [1.165, 1.54) is 7.11 Å². The van der Waals surface area contributed by atoms with Crippen molar-refractivity contribution in [1.29, 1.82) is 0 Å². The molecule has 0 aromatic carbocycles. The summed E-state index contributed by atoms with van der Waals surface area (Å²) in [4.78, 5) is 28.1. The number of rotatable bonds is 3. The summed E-state index contributed by atoms with van der Waals surface area (Å²) in [6.45, 7) is 4.82. The lowest BCUT2D eigenvalue weighted by Gasteiger charge is -2.35. The lowest BCUT2D eigenvalue weighted by atomic mass is 9.91. The predicted molar refractivity (Wildman–Crippen MR) is 77.7 cm³/mol. The number of hydrogen-bond acceptors (Lipinski definition) is 4. The molecule has 2 heterocycles. The third-order valence-corrected chi connectivity index (χ3v) is 5.30. The molecule has 1 aliphatic carbocycles. The Kier molecular flexibility index (Phi) is 4.17. The van der Waals surface area contributed by atoms with Crippen LogP contribution in [0.1, 0.15) is 19.3 Å². The topological polar surface area (TPSA) is 61.9 Å². The smallest absolute Gasteiger partial charge is 0.248 e. The number of piperidine rings is 1. The zero-order chi connectivity index (χ0) is 14.9. The van der Waals surface area contributed by atoms with E-state index < -0.39 is 0 Å². The first-order chi connectivity index (χ1) is 10.2. The zero-order valence-corrected chi connectivity index (χ0v) is 12.8. The Morgan fingerprint density at radius 2 is 1.76 bits per heavy atom. The molecule has 3 aliphatic rings. The Morgan fingerprint density at radius 1 is 1.14 bits per heavy atom. The summed E-state index contributed by atoms with van der Waals surface area (Å²) < 4.78 is 4.88. The second-order valence-electron chi connectivity index (χ2n) is 6.51. The molecule has 1 atom stereocenters. The van der Waals surface area contributed by atoms with Crippen molar-refractivity contribution in [3.05, 3.63) is 0 Å². The first kappa shape index (κ1) is 14.8. The summed E-state index contributed by atoms with van der Waals surface area (Å²) in [6, 6.07) is 0. The number of amides is 2. The van der Waals surface area contributed by atoms with Gasteiger partial charge in [0.2, 0.25) is 11.8 Å². The average molecular weight is 295 g/mol. The van der Waals surface area contributed by atoms with Gasteiger partial charge in [-0.1, -0.05) is 0 Å². The molecule has 0 bridgehead atoms. The van der Waals surface area contributed by atoms with Crippen LogP contribution in [-0.4, -0.2) is 74.6 Å². The van der Waals surface area contributed by atoms with Gasteiger partial charge >= 0.3 is 0 Å². The lowest BCUT2D eigenvalue weighted by Crippen LogP contribution is -2.52. The van der Waals surface area contributed by atoms with E-state index in [1.807, 2.05) is 4.90 Å². The fourth-order valence-corrected chi connectivity index (χ4v) is 3.79. The minimum atomic E-state index is 0.0193. The molecule has 1 saturated carbocycles. The van der Waals surface area contributed by atoms with Gasteiger partial charge in [-0.3, -0.25) is 9.59 Å². The van der Waals surface area contributed by atoms with Crippen LogP contribution in [0.4, 0.5) is 0 Å². The number of nitrogens with zero attached hydrogens (tertiary/aromatic N) is 2. The molecule has 1 unspecified atom stereocenters. The highest BCUT2D eigenvalue weighted by Crippen LogP contribution is 2.59. The Bertz CT molecular complexity index is 412. The zero-order valence-electron chi connectivity index (χ0n) is 12.8. The first-order valence-corrected chi connectivity index (χ1v) is 7.92. The SMILES string of the molecule is COCC(=O)N1CCN(C(=O)C2CC23CCNCC3)CC1. The van der Waals surface area contributed by atoms with Crippen LogP contribution in [0.15, 0.2) is 0 Å². The van der Waals surface area contributed by atoms with E-state index in [0.717, 1.165) is 32.4 Å². The molecule has 2 saturated heterocycles. The molecule has 0 radical (unpaired) electrons. The molecule has 3 fully saturated rings. The van der Waals surface area contributed by atoms with Gasteiger partial charge in [0.1, 0.15) is 6.61 Å². The third kappa shape index (κ3) is 2.92. The highest BCUT2D eigenvalue weighted by molar-refractivity contribution is 5.83. The second kappa shape index (κ2) is 5.93. The molecule has 2 amide bonds. The van der Waals surface area contributed by atoms with Gasteiger partial charge < -0.3 is 19.9 Å². The van der Waals surface area contributed by atoms with Crippen LogP contribution in [0.25, 0.3) is 0 Å². The van der Waals surface area contributed by atoms with Gasteiger partial charge in [-0.2, -0.15) is 0 Å². The maximum absolute atomic E-state index is 12.6. The highest BCUT2D eigenvalue weighted by Gasteiger charge is 2.58. The van der Waals surface area contributed by atoms with E-state index in [4.69, 9.17) is 4.74 Å². The fraction of sp³-hybridized carbons (Fsp3) is 0.867. The number of carbonyl (C=O) groups is 2. The molecule has 21 heavy (non-hydrogen) atoms. The largest absolute Gasteiger partial charge is 0.375 e. The van der Waals surface area contributed by atoms with Crippen molar-refractivity contribution >= 4 is 11.8 Å². The molecule has 1 spiro atoms. The van der Waals surface area contributed by atoms with Crippen LogP contribution in [0.2, 0.25) is 0 Å². The molecule has 3 rings (SSSR count). The number of nitrogens with one attached hydrogen (secondary N) is 1. The molecule has 0 aromatic rings. The van der Waals surface area contributed by atoms with E-state index in [2.05, 4.69) is 5.32 Å². The van der Waals surface area contributed by atoms with Gasteiger partial charge in [-0.05, 0) is 37.8 Å². The molecule has 1 N–H and O–H groups in total. The quantitative estimate of drug-likeness (QED) is 0.776. The van der Waals surface area contributed by atoms with Crippen molar-refractivity contribution in [3.8, 4) is 0 Å². The number of ether oxygens (including phenoxy) is 1. The van der Waals surface area contributed by atoms with Crippen molar-refractivity contribution in [2.45, 2.75) is 19.3 Å². The molecular formula is C15H25N3O3. The fourth-order valence-electron chi connectivity index (χ4n) is 3.79. The summed E-state index contributed by atoms with van der Waals surface area (Å²) >= 11 is 0. The molecule has 0 aromatic heterocycles. The first-order valence-electron chi connectivity index (χ1n) is 7.92. The molecule has 118 valence electrons. The van der Waals surface area contributed by atoms with Gasteiger partial charge in [0, 0.05) is 39.2 Å². The van der Waals surface area contributed by atoms with Gasteiger partial charge in [0.15, 0.2) is 0 Å². The predicted octanol–water partition coefficient (Wildman–Crippen LogP) is -0.307. The standard InChI is InChI=1S/C15H25N3O3/c1-21-11-13(19)17-6-8-18(9-7-17)14(20)12-10-15(12)2-4-16-5-3-15/h12,16H,2-11H2,1H3. The van der Waals surface area contributed by atoms with Crippen LogP contribution in [-0.2, 0) is 14.3 Å². The van der Waals surface area contributed by atoms with Gasteiger partial charge in [0.25, 0.3) is 0 Å². The van der Waals surface area contributed by atoms with E-state index in [9.17, 15) is 9.59 Å². The van der Waals surface area contributed by atoms with Gasteiger partial charge in [-0.15, -0.1) is 0 Å². The lowest BCUT2D eigenvalue weighted by molar-refractivity contribution is -0.142. The van der Waals surface area contributed by atoms with Crippen molar-refractivity contribution in [2.24, 2.45) is 11.3 Å². The van der Waals surface area contributed by atoms with E-state index >= 15 is 0 Å². The maximum atomic E-state index is 12.6. The number of carbonyl (C=O) groups excluding carboxylic acids is 2. The Balaban J connectivity index is 1.49. The Hall–Kier alpha value is -1.14. The van der Waals surface area contributed by atoms with Crippen LogP contribution in [0, 0.1) is 11.3 Å². The Morgan fingerprint density at radius 3 is 2.38 bits per heavy atom. The normalized spacial score (nSPS) is 27.8. The minimum absolute atomic E-state index is 0.0193. The summed E-state index contributed by atoms with van der Waals surface area (Å²) in [7, 11) is 1.53. The van der Waals surface area contributed by atoms with E-state index in [-0.39, 0.29) is 18.4 Å². The van der Waals surface area contributed by atoms with Crippen LogP contribution < -0.4 is 5.32 Å². The van der Waals surface area contributed by atoms with Crippen LogP contribution in [0.5, 0.6) is 0 Å². The average Bonchev–Trinajstić information content (AvgIpc) is 3.21. The van der Waals surface area contributed by atoms with Crippen molar-refractivity contribution in [1.82, 2.24) is 15.1 Å². The highest BCUT2D eigenvalue weighted by atomic mass is 16.5. The van der Waals surface area contributed by atoms with Crippen LogP contribution >= 0.6 is 0 Å². The summed E-state index contributed by atoms with van der Waals surface area (Å²) in [5.41, 5.74) is 0.297. The molecule has 6 heteroatoms. The van der Waals surface area contributed by atoms with E-state index in [0.29, 0.717) is 37.5 Å². The maximum Gasteiger partial charge on any atom is 0.248 e. The minimum Gasteiger partial charge on any atom is -0.375 e. The summed E-state index contributed by atoms with van der Waals surface area (Å²) in [5, 5.41) is 3.37. The van der Waals surface area contributed by atoms with E-state index in [1.54, 1.807) is 4.90 Å². The van der Waals surface area contributed by atoms with Crippen molar-refractivity contribution in [3.63, 3.8) is 0 Å².